The number of aromatic nitrogens is 3. The van der Waals surface area contributed by atoms with Crippen molar-refractivity contribution in [2.75, 3.05) is 38.0 Å². The maximum atomic E-state index is 13.0. The molecule has 3 N–H and O–H groups in total. The van der Waals surface area contributed by atoms with E-state index in [1.807, 2.05) is 26.8 Å². The van der Waals surface area contributed by atoms with E-state index in [0.29, 0.717) is 50.2 Å². The quantitative estimate of drug-likeness (QED) is 0.310. The predicted molar refractivity (Wildman–Crippen MR) is 155 cm³/mol. The first kappa shape index (κ1) is 29.5. The minimum Gasteiger partial charge on any atom is -0.486 e. The number of carbonyl (C=O) groups is 2. The Hall–Kier alpha value is -4.03. The van der Waals surface area contributed by atoms with Crippen molar-refractivity contribution in [1.82, 2.24) is 30.1 Å². The van der Waals surface area contributed by atoms with Crippen LogP contribution in [0.1, 0.15) is 65.6 Å². The molecular weight excluding hydrogens is 538 g/mol. The van der Waals surface area contributed by atoms with Gasteiger partial charge in [-0.1, -0.05) is 19.9 Å². The van der Waals surface area contributed by atoms with Gasteiger partial charge in [-0.3, -0.25) is 14.5 Å². The summed E-state index contributed by atoms with van der Waals surface area (Å²) < 4.78 is 11.2. The van der Waals surface area contributed by atoms with Crippen molar-refractivity contribution < 1.29 is 23.8 Å². The van der Waals surface area contributed by atoms with E-state index in [4.69, 9.17) is 9.15 Å². The molecule has 0 spiro atoms. The molecule has 0 saturated carbocycles. The van der Waals surface area contributed by atoms with Gasteiger partial charge in [0.05, 0.1) is 17.8 Å². The fourth-order valence-electron chi connectivity index (χ4n) is 5.06. The third kappa shape index (κ3) is 7.24. The standard InChI is InChI=1S/C30H39N7O5/c1-18(2)29-34-26(10-28(35-29)33-23-13-37(14-23)20(4)38)30(40)31-11-24(39)15-36-8-7-21-9-25(6-5-22(21)12-36)41-16-27-19(3)32-17-42-27/h5-6,9-10,17-18,23-24,39H,7-8,11-16H2,1-4H3,(H,31,40)(H,33,34,35). The summed E-state index contributed by atoms with van der Waals surface area (Å²) in [6, 6.07) is 7.78. The molecule has 2 aliphatic heterocycles. The Morgan fingerprint density at radius 1 is 1.19 bits per heavy atom. The molecule has 0 bridgehead atoms. The summed E-state index contributed by atoms with van der Waals surface area (Å²) in [7, 11) is 0. The number of rotatable bonds is 11. The van der Waals surface area contributed by atoms with Crippen LogP contribution in [0.25, 0.3) is 0 Å². The third-order valence-corrected chi connectivity index (χ3v) is 7.62. The maximum Gasteiger partial charge on any atom is 0.270 e. The van der Waals surface area contributed by atoms with Crippen LogP contribution in [-0.4, -0.2) is 86.5 Å². The first-order valence-electron chi connectivity index (χ1n) is 14.4. The van der Waals surface area contributed by atoms with Gasteiger partial charge in [0, 0.05) is 58.2 Å². The predicted octanol–water partition coefficient (Wildman–Crippen LogP) is 2.27. The fraction of sp³-hybridized carbons (Fsp3) is 0.500. The van der Waals surface area contributed by atoms with Gasteiger partial charge < -0.3 is 29.8 Å². The average Bonchev–Trinajstić information content (AvgIpc) is 3.36. The summed E-state index contributed by atoms with van der Waals surface area (Å²) in [5, 5.41) is 16.9. The molecule has 1 unspecified atom stereocenters. The van der Waals surface area contributed by atoms with Crippen LogP contribution >= 0.6 is 0 Å². The number of aliphatic hydroxyl groups is 1. The van der Waals surface area contributed by atoms with E-state index in [1.165, 1.54) is 17.5 Å². The number of oxazole rings is 1. The monoisotopic (exact) mass is 577 g/mol. The minimum absolute atomic E-state index is 0.0288. The molecule has 1 fully saturated rings. The van der Waals surface area contributed by atoms with Crippen LogP contribution in [0.5, 0.6) is 5.75 Å². The molecular formula is C30H39N7O5. The molecule has 5 rings (SSSR count). The van der Waals surface area contributed by atoms with Crippen LogP contribution in [0, 0.1) is 6.92 Å². The number of aliphatic hydroxyl groups excluding tert-OH is 1. The van der Waals surface area contributed by atoms with Crippen LogP contribution in [0.3, 0.4) is 0 Å². The molecule has 1 atom stereocenters. The number of aryl methyl sites for hydroxylation is 1. The van der Waals surface area contributed by atoms with Crippen molar-refractivity contribution in [1.29, 1.82) is 0 Å². The summed E-state index contributed by atoms with van der Waals surface area (Å²) in [4.78, 5) is 41.5. The Morgan fingerprint density at radius 3 is 2.71 bits per heavy atom. The van der Waals surface area contributed by atoms with Gasteiger partial charge in [-0.2, -0.15) is 0 Å². The van der Waals surface area contributed by atoms with Crippen LogP contribution in [0.4, 0.5) is 5.82 Å². The number of ether oxygens (including phenoxy) is 1. The van der Waals surface area contributed by atoms with Gasteiger partial charge in [0.25, 0.3) is 5.91 Å². The van der Waals surface area contributed by atoms with Gasteiger partial charge in [-0.05, 0) is 36.6 Å². The molecule has 1 aromatic carbocycles. The smallest absolute Gasteiger partial charge is 0.270 e. The number of fused-ring (bicyclic) bond motifs is 1. The highest BCUT2D eigenvalue weighted by molar-refractivity contribution is 5.93. The Bertz CT molecular complexity index is 1420. The highest BCUT2D eigenvalue weighted by Crippen LogP contribution is 2.25. The lowest BCUT2D eigenvalue weighted by molar-refractivity contribution is -0.132. The van der Waals surface area contributed by atoms with Gasteiger partial charge in [-0.15, -0.1) is 0 Å². The number of β-amino-alcohol motifs (C(OH)–C–C–N with tert-alkyl or cyclic N) is 1. The van der Waals surface area contributed by atoms with Crippen molar-refractivity contribution in [2.45, 2.75) is 65.3 Å². The molecule has 0 radical (unpaired) electrons. The van der Waals surface area contributed by atoms with E-state index in [0.717, 1.165) is 24.4 Å². The van der Waals surface area contributed by atoms with Crippen LogP contribution in [0.2, 0.25) is 0 Å². The van der Waals surface area contributed by atoms with Crippen molar-refractivity contribution in [2.24, 2.45) is 0 Å². The highest BCUT2D eigenvalue weighted by atomic mass is 16.5. The minimum atomic E-state index is -0.736. The molecule has 3 aromatic rings. The fourth-order valence-corrected chi connectivity index (χ4v) is 5.06. The van der Waals surface area contributed by atoms with E-state index in [-0.39, 0.29) is 36.0 Å². The zero-order valence-electron chi connectivity index (χ0n) is 24.6. The average molecular weight is 578 g/mol. The van der Waals surface area contributed by atoms with Crippen LogP contribution in [0.15, 0.2) is 35.1 Å². The number of hydrogen-bond donors (Lipinski definition) is 3. The van der Waals surface area contributed by atoms with E-state index >= 15 is 0 Å². The number of carbonyl (C=O) groups excluding carboxylic acids is 2. The lowest BCUT2D eigenvalue weighted by atomic mass is 9.99. The molecule has 12 heteroatoms. The maximum absolute atomic E-state index is 13.0. The number of likely N-dealkylation sites (tertiary alicyclic amines) is 1. The number of benzene rings is 1. The first-order valence-corrected chi connectivity index (χ1v) is 14.4. The molecule has 0 aliphatic carbocycles. The lowest BCUT2D eigenvalue weighted by Gasteiger charge is -2.39. The van der Waals surface area contributed by atoms with E-state index in [1.54, 1.807) is 17.9 Å². The van der Waals surface area contributed by atoms with Crippen molar-refractivity contribution in [3.63, 3.8) is 0 Å². The number of amides is 2. The summed E-state index contributed by atoms with van der Waals surface area (Å²) in [6.45, 7) is 11.0. The Kier molecular flexibility index (Phi) is 9.03. The zero-order chi connectivity index (χ0) is 29.8. The third-order valence-electron chi connectivity index (χ3n) is 7.62. The van der Waals surface area contributed by atoms with Crippen LogP contribution in [-0.2, 0) is 24.4 Å². The molecule has 42 heavy (non-hydrogen) atoms. The SMILES string of the molecule is CC(=O)N1CC(Nc2cc(C(=O)NCC(O)CN3CCc4cc(OCc5ocnc5C)ccc4C3)nc(C(C)C)n2)C1. The normalized spacial score (nSPS) is 16.1. The number of nitrogens with one attached hydrogen (secondary N) is 2. The first-order chi connectivity index (χ1) is 20.1. The van der Waals surface area contributed by atoms with Gasteiger partial charge in [0.15, 0.2) is 12.2 Å². The summed E-state index contributed by atoms with van der Waals surface area (Å²) in [5.41, 5.74) is 3.49. The molecule has 2 aromatic heterocycles. The Labute approximate surface area is 245 Å². The Balaban J connectivity index is 1.11. The molecule has 1 saturated heterocycles. The van der Waals surface area contributed by atoms with Crippen molar-refractivity contribution >= 4 is 17.6 Å². The Morgan fingerprint density at radius 2 is 2.00 bits per heavy atom. The van der Waals surface area contributed by atoms with Gasteiger partial charge in [0.2, 0.25) is 5.91 Å². The molecule has 4 heterocycles. The molecule has 224 valence electrons. The summed E-state index contributed by atoms with van der Waals surface area (Å²) in [5.74, 6) is 2.32. The summed E-state index contributed by atoms with van der Waals surface area (Å²) in [6.07, 6.45) is 1.52. The van der Waals surface area contributed by atoms with Gasteiger partial charge in [-0.25, -0.2) is 15.0 Å². The second kappa shape index (κ2) is 12.9. The second-order valence-electron chi connectivity index (χ2n) is 11.3. The van der Waals surface area contributed by atoms with E-state index < -0.39 is 6.10 Å². The molecule has 12 nitrogen and oxygen atoms in total. The summed E-state index contributed by atoms with van der Waals surface area (Å²) >= 11 is 0. The lowest BCUT2D eigenvalue weighted by Crippen LogP contribution is -2.56. The zero-order valence-corrected chi connectivity index (χ0v) is 24.6. The van der Waals surface area contributed by atoms with Gasteiger partial charge >= 0.3 is 0 Å². The van der Waals surface area contributed by atoms with Crippen molar-refractivity contribution in [3.8, 4) is 5.75 Å². The number of hydrogen-bond acceptors (Lipinski definition) is 10. The second-order valence-corrected chi connectivity index (χ2v) is 11.3. The van der Waals surface area contributed by atoms with Gasteiger partial charge in [0.1, 0.15) is 29.7 Å². The molecule has 2 amide bonds. The van der Waals surface area contributed by atoms with Crippen molar-refractivity contribution in [3.05, 3.63) is 64.8 Å². The van der Waals surface area contributed by atoms with E-state index in [2.05, 4.69) is 42.6 Å². The topological polar surface area (TPSA) is 146 Å². The largest absolute Gasteiger partial charge is 0.486 e. The number of anilines is 1. The van der Waals surface area contributed by atoms with Crippen LogP contribution < -0.4 is 15.4 Å². The number of nitrogens with zero attached hydrogens (tertiary/aromatic N) is 5. The van der Waals surface area contributed by atoms with E-state index in [9.17, 15) is 14.7 Å². The highest BCUT2D eigenvalue weighted by Gasteiger charge is 2.29. The molecule has 2 aliphatic rings.